The SMILES string of the molecule is CCOc1ccc(C(O)=C2C(=O)C(=O)N(c3nc4ccc(CC)cc4s3)C2c2ccccc2)cc1. The molecule has 4 aromatic rings. The molecule has 1 fully saturated rings. The highest BCUT2D eigenvalue weighted by atomic mass is 32.1. The van der Waals surface area contributed by atoms with Crippen LogP contribution in [0.25, 0.3) is 16.0 Å². The first-order valence-corrected chi connectivity index (χ1v) is 12.3. The first-order valence-electron chi connectivity index (χ1n) is 11.5. The van der Waals surface area contributed by atoms with Crippen LogP contribution >= 0.6 is 11.3 Å². The molecule has 0 spiro atoms. The second-order valence-corrected chi connectivity index (χ2v) is 9.20. The molecule has 5 rings (SSSR count). The van der Waals surface area contributed by atoms with Gasteiger partial charge in [0.1, 0.15) is 11.5 Å². The maximum absolute atomic E-state index is 13.4. The summed E-state index contributed by atoms with van der Waals surface area (Å²) in [6, 6.07) is 21.3. The minimum Gasteiger partial charge on any atom is -0.507 e. The van der Waals surface area contributed by atoms with Crippen molar-refractivity contribution >= 4 is 44.1 Å². The highest BCUT2D eigenvalue weighted by Crippen LogP contribution is 2.44. The van der Waals surface area contributed by atoms with Crippen LogP contribution in [-0.4, -0.2) is 28.4 Å². The number of aliphatic hydroxyl groups is 1. The average molecular weight is 485 g/mol. The van der Waals surface area contributed by atoms with Crippen LogP contribution in [-0.2, 0) is 16.0 Å². The van der Waals surface area contributed by atoms with Crippen molar-refractivity contribution in [2.24, 2.45) is 0 Å². The Morgan fingerprint density at radius 3 is 2.46 bits per heavy atom. The van der Waals surface area contributed by atoms with Crippen molar-refractivity contribution in [2.75, 3.05) is 11.5 Å². The zero-order chi connectivity index (χ0) is 24.5. The van der Waals surface area contributed by atoms with Crippen LogP contribution < -0.4 is 9.64 Å². The molecule has 1 atom stereocenters. The number of carbonyl (C=O) groups excluding carboxylic acids is 2. The van der Waals surface area contributed by atoms with Crippen LogP contribution in [0.3, 0.4) is 0 Å². The van der Waals surface area contributed by atoms with E-state index in [1.165, 1.54) is 21.8 Å². The summed E-state index contributed by atoms with van der Waals surface area (Å²) in [5.41, 5.74) is 3.13. The third kappa shape index (κ3) is 4.08. The fraction of sp³-hybridized carbons (Fsp3) is 0.179. The van der Waals surface area contributed by atoms with Gasteiger partial charge in [0, 0.05) is 5.56 Å². The normalized spacial score (nSPS) is 17.3. The molecule has 35 heavy (non-hydrogen) atoms. The van der Waals surface area contributed by atoms with E-state index in [1.54, 1.807) is 24.3 Å². The predicted molar refractivity (Wildman–Crippen MR) is 138 cm³/mol. The molecule has 1 aliphatic rings. The van der Waals surface area contributed by atoms with Crippen molar-refractivity contribution in [3.63, 3.8) is 0 Å². The van der Waals surface area contributed by atoms with Crippen LogP contribution in [0.2, 0.25) is 0 Å². The average Bonchev–Trinajstić information content (AvgIpc) is 3.42. The molecule has 2 heterocycles. The first kappa shape index (κ1) is 22.8. The fourth-order valence-corrected chi connectivity index (χ4v) is 5.35. The number of Topliss-reactive ketones (excluding diaryl/α,β-unsaturated/α-hetero) is 1. The van der Waals surface area contributed by atoms with Gasteiger partial charge in [-0.1, -0.05) is 54.7 Å². The Morgan fingerprint density at radius 1 is 1.03 bits per heavy atom. The highest BCUT2D eigenvalue weighted by Gasteiger charge is 2.48. The van der Waals surface area contributed by atoms with E-state index in [9.17, 15) is 14.7 Å². The number of aryl methyl sites for hydroxylation is 1. The Balaban J connectivity index is 1.66. The number of hydrogen-bond acceptors (Lipinski definition) is 6. The van der Waals surface area contributed by atoms with Gasteiger partial charge >= 0.3 is 5.91 Å². The predicted octanol–water partition coefficient (Wildman–Crippen LogP) is 5.88. The second-order valence-electron chi connectivity index (χ2n) is 8.19. The third-order valence-electron chi connectivity index (χ3n) is 6.05. The van der Waals surface area contributed by atoms with E-state index < -0.39 is 17.7 Å². The van der Waals surface area contributed by atoms with Crippen molar-refractivity contribution in [1.82, 2.24) is 4.98 Å². The van der Waals surface area contributed by atoms with Gasteiger partial charge in [-0.15, -0.1) is 0 Å². The molecule has 1 aromatic heterocycles. The fourth-order valence-electron chi connectivity index (χ4n) is 4.29. The van der Waals surface area contributed by atoms with Gasteiger partial charge in [-0.05, 0) is 60.9 Å². The Bertz CT molecular complexity index is 1440. The number of ketones is 1. The number of ether oxygens (including phenoxy) is 1. The molecular formula is C28H24N2O4S. The molecular weight excluding hydrogens is 460 g/mol. The summed E-state index contributed by atoms with van der Waals surface area (Å²) in [4.78, 5) is 32.8. The molecule has 7 heteroatoms. The maximum Gasteiger partial charge on any atom is 0.301 e. The molecule has 1 saturated heterocycles. The molecule has 1 N–H and O–H groups in total. The Morgan fingerprint density at radius 2 is 1.77 bits per heavy atom. The van der Waals surface area contributed by atoms with Crippen molar-refractivity contribution in [3.05, 3.63) is 95.1 Å². The minimum atomic E-state index is -0.797. The van der Waals surface area contributed by atoms with Gasteiger partial charge in [-0.3, -0.25) is 14.5 Å². The number of aromatic nitrogens is 1. The van der Waals surface area contributed by atoms with Gasteiger partial charge in [-0.25, -0.2) is 4.98 Å². The van der Waals surface area contributed by atoms with Crippen molar-refractivity contribution < 1.29 is 19.4 Å². The molecule has 176 valence electrons. The molecule has 3 aromatic carbocycles. The van der Waals surface area contributed by atoms with E-state index in [0.29, 0.717) is 28.6 Å². The van der Waals surface area contributed by atoms with Crippen LogP contribution in [0.4, 0.5) is 5.13 Å². The summed E-state index contributed by atoms with van der Waals surface area (Å²) in [5, 5.41) is 11.7. The maximum atomic E-state index is 13.4. The summed E-state index contributed by atoms with van der Waals surface area (Å²) in [6.07, 6.45) is 0.889. The molecule has 6 nitrogen and oxygen atoms in total. The number of nitrogens with zero attached hydrogens (tertiary/aromatic N) is 2. The number of carbonyl (C=O) groups is 2. The summed E-state index contributed by atoms with van der Waals surface area (Å²) in [7, 11) is 0. The number of benzene rings is 3. The lowest BCUT2D eigenvalue weighted by atomic mass is 9.95. The number of thiazole rings is 1. The number of anilines is 1. The Labute approximate surface area is 207 Å². The van der Waals surface area contributed by atoms with E-state index in [4.69, 9.17) is 4.74 Å². The monoisotopic (exact) mass is 484 g/mol. The van der Waals surface area contributed by atoms with Gasteiger partial charge in [0.15, 0.2) is 5.13 Å². The van der Waals surface area contributed by atoms with Crippen LogP contribution in [0.15, 0.2) is 78.4 Å². The van der Waals surface area contributed by atoms with Gasteiger partial charge in [-0.2, -0.15) is 0 Å². The summed E-state index contributed by atoms with van der Waals surface area (Å²) in [5.74, 6) is -1.01. The van der Waals surface area contributed by atoms with E-state index in [1.807, 2.05) is 49.4 Å². The quantitative estimate of drug-likeness (QED) is 0.210. The van der Waals surface area contributed by atoms with Crippen molar-refractivity contribution in [2.45, 2.75) is 26.3 Å². The number of aliphatic hydroxyl groups excluding tert-OH is 1. The van der Waals surface area contributed by atoms with Crippen LogP contribution in [0.1, 0.15) is 36.6 Å². The minimum absolute atomic E-state index is 0.0406. The number of amides is 1. The molecule has 0 aliphatic carbocycles. The Kier molecular flexibility index (Phi) is 6.09. The molecule has 0 saturated carbocycles. The third-order valence-corrected chi connectivity index (χ3v) is 7.07. The van der Waals surface area contributed by atoms with Crippen LogP contribution in [0, 0.1) is 0 Å². The summed E-state index contributed by atoms with van der Waals surface area (Å²) in [6.45, 7) is 4.49. The van der Waals surface area contributed by atoms with Crippen molar-refractivity contribution in [3.8, 4) is 5.75 Å². The summed E-state index contributed by atoms with van der Waals surface area (Å²) >= 11 is 1.37. The smallest absolute Gasteiger partial charge is 0.301 e. The zero-order valence-corrected chi connectivity index (χ0v) is 20.2. The standard InChI is InChI=1S/C28H24N2O4S/c1-3-17-10-15-21-22(16-17)35-28(29-21)30-24(18-8-6-5-7-9-18)23(26(32)27(30)33)25(31)19-11-13-20(14-12-19)34-4-2/h5-16,24,31H,3-4H2,1-2H3. The number of hydrogen-bond donors (Lipinski definition) is 1. The van der Waals surface area contributed by atoms with Gasteiger partial charge in [0.2, 0.25) is 0 Å². The molecule has 0 bridgehead atoms. The van der Waals surface area contributed by atoms with E-state index in [0.717, 1.165) is 16.6 Å². The highest BCUT2D eigenvalue weighted by molar-refractivity contribution is 7.22. The zero-order valence-electron chi connectivity index (χ0n) is 19.4. The molecule has 1 aliphatic heterocycles. The first-order chi connectivity index (χ1) is 17.0. The van der Waals surface area contributed by atoms with E-state index >= 15 is 0 Å². The Hall–Kier alpha value is -3.97. The largest absolute Gasteiger partial charge is 0.507 e. The van der Waals surface area contributed by atoms with Crippen LogP contribution in [0.5, 0.6) is 5.75 Å². The lowest BCUT2D eigenvalue weighted by Gasteiger charge is -2.22. The molecule has 1 amide bonds. The van der Waals surface area contributed by atoms with Crippen molar-refractivity contribution in [1.29, 1.82) is 0 Å². The lowest BCUT2D eigenvalue weighted by Crippen LogP contribution is -2.29. The molecule has 0 radical (unpaired) electrons. The molecule has 1 unspecified atom stereocenters. The second kappa shape index (κ2) is 9.35. The van der Waals surface area contributed by atoms with Gasteiger partial charge in [0.25, 0.3) is 5.78 Å². The topological polar surface area (TPSA) is 79.7 Å². The van der Waals surface area contributed by atoms with Gasteiger partial charge in [0.05, 0.1) is 28.4 Å². The summed E-state index contributed by atoms with van der Waals surface area (Å²) < 4.78 is 6.43. The van der Waals surface area contributed by atoms with Gasteiger partial charge < -0.3 is 9.84 Å². The number of rotatable bonds is 6. The lowest BCUT2D eigenvalue weighted by molar-refractivity contribution is -0.132. The van der Waals surface area contributed by atoms with E-state index in [2.05, 4.69) is 18.0 Å². The number of fused-ring (bicyclic) bond motifs is 1. The van der Waals surface area contributed by atoms with E-state index in [-0.39, 0.29) is 11.3 Å².